The fourth-order valence-electron chi connectivity index (χ4n) is 3.04. The van der Waals surface area contributed by atoms with E-state index >= 15 is 0 Å². The quantitative estimate of drug-likeness (QED) is 0.664. The van der Waals surface area contributed by atoms with E-state index in [2.05, 4.69) is 11.2 Å². The van der Waals surface area contributed by atoms with Gasteiger partial charge in [-0.1, -0.05) is 41.4 Å². The van der Waals surface area contributed by atoms with Crippen molar-refractivity contribution >= 4 is 40.3 Å². The Labute approximate surface area is 149 Å². The number of para-hydroxylation sites is 1. The molecule has 0 N–H and O–H groups in total. The molecule has 122 valence electrons. The van der Waals surface area contributed by atoms with Crippen molar-refractivity contribution < 1.29 is 4.79 Å². The van der Waals surface area contributed by atoms with Gasteiger partial charge in [-0.15, -0.1) is 0 Å². The van der Waals surface area contributed by atoms with Crippen LogP contribution in [0.5, 0.6) is 0 Å². The first-order valence-electron chi connectivity index (χ1n) is 7.52. The van der Waals surface area contributed by atoms with E-state index in [9.17, 15) is 4.79 Å². The summed E-state index contributed by atoms with van der Waals surface area (Å²) in [6.45, 7) is 0.606. The molecule has 0 saturated heterocycles. The molecule has 1 amide bonds. The van der Waals surface area contributed by atoms with E-state index < -0.39 is 0 Å². The average Bonchev–Trinajstić information content (AvgIpc) is 2.99. The summed E-state index contributed by atoms with van der Waals surface area (Å²) in [5, 5.41) is 8.83. The topological polar surface area (TPSA) is 40.9 Å². The Morgan fingerprint density at radius 1 is 1.21 bits per heavy atom. The second kappa shape index (κ2) is 5.69. The molecule has 7 heteroatoms. The van der Waals surface area contributed by atoms with Crippen molar-refractivity contribution in [3.05, 3.63) is 63.9 Å². The number of fused-ring (bicyclic) bond motifs is 2. The van der Waals surface area contributed by atoms with E-state index in [0.29, 0.717) is 27.8 Å². The lowest BCUT2D eigenvalue weighted by molar-refractivity contribution is 0.0732. The van der Waals surface area contributed by atoms with Gasteiger partial charge in [0.05, 0.1) is 21.2 Å². The zero-order valence-corrected chi connectivity index (χ0v) is 14.4. The average molecular weight is 361 g/mol. The molecule has 1 aliphatic rings. The molecule has 24 heavy (non-hydrogen) atoms. The Bertz CT molecular complexity index is 953. The molecule has 2 aromatic heterocycles. The maximum Gasteiger partial charge on any atom is 0.292 e. The highest BCUT2D eigenvalue weighted by atomic mass is 35.5. The standard InChI is InChI=1S/C17H14Cl2N4O/c1-21-15-5-3-2-4-11(15)6-7-23(21)17(24)14-9-16-13(19)8-12(18)10-22(16)20-14/h2-5,8-10H,6-7H2,1H3. The third-order valence-electron chi connectivity index (χ3n) is 4.24. The zero-order chi connectivity index (χ0) is 16.8. The van der Waals surface area contributed by atoms with Crippen LogP contribution in [-0.4, -0.2) is 34.1 Å². The largest absolute Gasteiger partial charge is 0.292 e. The normalized spacial score (nSPS) is 14.1. The van der Waals surface area contributed by atoms with Gasteiger partial charge in [0, 0.05) is 19.8 Å². The molecule has 1 aromatic carbocycles. The molecule has 0 bridgehead atoms. The predicted molar refractivity (Wildman–Crippen MR) is 94.8 cm³/mol. The summed E-state index contributed by atoms with van der Waals surface area (Å²) < 4.78 is 1.54. The first-order valence-corrected chi connectivity index (χ1v) is 8.28. The minimum atomic E-state index is -0.164. The maximum absolute atomic E-state index is 12.9. The van der Waals surface area contributed by atoms with Gasteiger partial charge in [-0.25, -0.2) is 9.52 Å². The molecular formula is C17H14Cl2N4O. The van der Waals surface area contributed by atoms with Crippen molar-refractivity contribution in [1.82, 2.24) is 14.6 Å². The van der Waals surface area contributed by atoms with Gasteiger partial charge in [-0.3, -0.25) is 9.80 Å². The summed E-state index contributed by atoms with van der Waals surface area (Å²) in [4.78, 5) is 12.9. The number of aromatic nitrogens is 2. The molecule has 5 nitrogen and oxygen atoms in total. The first-order chi connectivity index (χ1) is 11.5. The summed E-state index contributed by atoms with van der Waals surface area (Å²) in [6.07, 6.45) is 2.45. The van der Waals surface area contributed by atoms with Gasteiger partial charge in [0.1, 0.15) is 0 Å². The smallest absolute Gasteiger partial charge is 0.285 e. The number of carbonyl (C=O) groups is 1. The van der Waals surface area contributed by atoms with Crippen molar-refractivity contribution in [3.8, 4) is 0 Å². The highest BCUT2D eigenvalue weighted by Gasteiger charge is 2.27. The fourth-order valence-corrected chi connectivity index (χ4v) is 3.56. The van der Waals surface area contributed by atoms with Crippen molar-refractivity contribution in [3.63, 3.8) is 0 Å². The molecule has 0 saturated carbocycles. The van der Waals surface area contributed by atoms with E-state index in [1.165, 1.54) is 10.1 Å². The first kappa shape index (κ1) is 15.3. The maximum atomic E-state index is 12.9. The summed E-state index contributed by atoms with van der Waals surface area (Å²) in [7, 11) is 1.88. The number of rotatable bonds is 1. The number of hydrogen-bond donors (Lipinski definition) is 0. The second-order valence-corrected chi connectivity index (χ2v) is 6.54. The summed E-state index contributed by atoms with van der Waals surface area (Å²) in [5.41, 5.74) is 3.26. The van der Waals surface area contributed by atoms with E-state index in [-0.39, 0.29) is 5.91 Å². The summed E-state index contributed by atoms with van der Waals surface area (Å²) in [5.74, 6) is -0.164. The molecule has 0 fully saturated rings. The molecule has 3 aromatic rings. The van der Waals surface area contributed by atoms with Gasteiger partial charge in [0.15, 0.2) is 5.69 Å². The van der Waals surface area contributed by atoms with E-state index in [1.807, 2.05) is 30.3 Å². The Morgan fingerprint density at radius 3 is 2.83 bits per heavy atom. The van der Waals surface area contributed by atoms with Crippen LogP contribution in [0.3, 0.4) is 0 Å². The highest BCUT2D eigenvalue weighted by Crippen LogP contribution is 2.28. The van der Waals surface area contributed by atoms with Crippen molar-refractivity contribution in [2.75, 3.05) is 18.6 Å². The SMILES string of the molecule is CN1c2ccccc2CCN1C(=O)c1cc2c(Cl)cc(Cl)cn2n1. The Kier molecular flexibility index (Phi) is 3.62. The number of carbonyl (C=O) groups excluding carboxylic acids is 1. The molecule has 3 heterocycles. The van der Waals surface area contributed by atoms with Crippen LogP contribution >= 0.6 is 23.2 Å². The minimum absolute atomic E-state index is 0.164. The number of pyridine rings is 1. The van der Waals surface area contributed by atoms with Crippen LogP contribution in [0.4, 0.5) is 5.69 Å². The van der Waals surface area contributed by atoms with Gasteiger partial charge in [-0.05, 0) is 30.2 Å². The predicted octanol–water partition coefficient (Wildman–Crippen LogP) is 3.69. The number of halogens is 2. The molecular weight excluding hydrogens is 347 g/mol. The number of nitrogens with zero attached hydrogens (tertiary/aromatic N) is 4. The molecule has 0 atom stereocenters. The van der Waals surface area contributed by atoms with Gasteiger partial charge in [-0.2, -0.15) is 5.10 Å². The lowest BCUT2D eigenvalue weighted by Crippen LogP contribution is -2.48. The molecule has 0 aliphatic carbocycles. The van der Waals surface area contributed by atoms with Crippen LogP contribution in [0.1, 0.15) is 16.1 Å². The monoisotopic (exact) mass is 360 g/mol. The zero-order valence-electron chi connectivity index (χ0n) is 12.9. The Morgan fingerprint density at radius 2 is 2.00 bits per heavy atom. The Balaban J connectivity index is 1.71. The third kappa shape index (κ3) is 2.41. The summed E-state index contributed by atoms with van der Waals surface area (Å²) in [6, 6.07) is 11.4. The molecule has 4 rings (SSSR count). The molecule has 0 spiro atoms. The molecule has 1 aliphatic heterocycles. The van der Waals surface area contributed by atoms with E-state index in [0.717, 1.165) is 12.1 Å². The minimum Gasteiger partial charge on any atom is -0.285 e. The van der Waals surface area contributed by atoms with E-state index in [1.54, 1.807) is 23.3 Å². The van der Waals surface area contributed by atoms with Crippen LogP contribution in [0.25, 0.3) is 5.52 Å². The summed E-state index contributed by atoms with van der Waals surface area (Å²) >= 11 is 12.2. The highest BCUT2D eigenvalue weighted by molar-refractivity contribution is 6.36. The second-order valence-electron chi connectivity index (χ2n) is 5.70. The molecule has 0 radical (unpaired) electrons. The number of anilines is 1. The lowest BCUT2D eigenvalue weighted by atomic mass is 10.1. The number of hydrazine groups is 1. The van der Waals surface area contributed by atoms with Crippen LogP contribution in [0, 0.1) is 0 Å². The van der Waals surface area contributed by atoms with Crippen molar-refractivity contribution in [1.29, 1.82) is 0 Å². The number of amides is 1. The van der Waals surface area contributed by atoms with Crippen LogP contribution < -0.4 is 5.01 Å². The van der Waals surface area contributed by atoms with E-state index in [4.69, 9.17) is 23.2 Å². The van der Waals surface area contributed by atoms with Crippen LogP contribution in [0.2, 0.25) is 10.0 Å². The molecule has 0 unspecified atom stereocenters. The van der Waals surface area contributed by atoms with Crippen molar-refractivity contribution in [2.24, 2.45) is 0 Å². The van der Waals surface area contributed by atoms with Gasteiger partial charge in [0.2, 0.25) is 0 Å². The van der Waals surface area contributed by atoms with Gasteiger partial charge in [0.25, 0.3) is 5.91 Å². The Hall–Kier alpha value is -2.24. The number of hydrogen-bond acceptors (Lipinski definition) is 3. The van der Waals surface area contributed by atoms with Gasteiger partial charge >= 0.3 is 0 Å². The fraction of sp³-hybridized carbons (Fsp3) is 0.176. The van der Waals surface area contributed by atoms with Crippen LogP contribution in [-0.2, 0) is 6.42 Å². The lowest BCUT2D eigenvalue weighted by Gasteiger charge is -2.38. The van der Waals surface area contributed by atoms with Crippen LogP contribution in [0.15, 0.2) is 42.6 Å². The number of benzene rings is 1. The van der Waals surface area contributed by atoms with Crippen molar-refractivity contribution in [2.45, 2.75) is 6.42 Å². The van der Waals surface area contributed by atoms with Gasteiger partial charge < -0.3 is 0 Å². The third-order valence-corrected chi connectivity index (χ3v) is 4.75.